The van der Waals surface area contributed by atoms with Crippen LogP contribution in [0.1, 0.15) is 52.2 Å². The summed E-state index contributed by atoms with van der Waals surface area (Å²) in [5, 5.41) is 3.43. The van der Waals surface area contributed by atoms with E-state index < -0.39 is 11.7 Å². The van der Waals surface area contributed by atoms with Crippen LogP contribution in [0.5, 0.6) is 0 Å². The van der Waals surface area contributed by atoms with Crippen LogP contribution < -0.4 is 5.32 Å². The zero-order valence-corrected chi connectivity index (χ0v) is 14.1. The van der Waals surface area contributed by atoms with E-state index in [2.05, 4.69) is 5.32 Å². The first-order valence-corrected chi connectivity index (χ1v) is 8.02. The Morgan fingerprint density at radius 1 is 1.19 bits per heavy atom. The van der Waals surface area contributed by atoms with E-state index in [1.54, 1.807) is 12.1 Å². The Hall–Kier alpha value is -0.680. The minimum absolute atomic E-state index is 0.215. The van der Waals surface area contributed by atoms with Gasteiger partial charge in [-0.1, -0.05) is 19.9 Å². The number of thioether (sulfide) groups is 1. The monoisotopic (exact) mass is 319 g/mol. The Balaban J connectivity index is 3.03. The van der Waals surface area contributed by atoms with Gasteiger partial charge < -0.3 is 5.32 Å². The molecule has 0 saturated heterocycles. The van der Waals surface area contributed by atoms with E-state index in [9.17, 15) is 13.2 Å². The van der Waals surface area contributed by atoms with Crippen LogP contribution in [0.15, 0.2) is 23.1 Å². The predicted molar refractivity (Wildman–Crippen MR) is 83.6 cm³/mol. The van der Waals surface area contributed by atoms with Crippen molar-refractivity contribution in [2.45, 2.75) is 69.4 Å². The molecule has 0 aromatic heterocycles. The van der Waals surface area contributed by atoms with Gasteiger partial charge in [0.25, 0.3) is 0 Å². The van der Waals surface area contributed by atoms with Gasteiger partial charge in [0.1, 0.15) is 0 Å². The second-order valence-corrected chi connectivity index (χ2v) is 7.77. The van der Waals surface area contributed by atoms with E-state index in [1.165, 1.54) is 17.8 Å². The van der Waals surface area contributed by atoms with E-state index in [-0.39, 0.29) is 12.1 Å². The lowest BCUT2D eigenvalue weighted by Crippen LogP contribution is -2.35. The third-order valence-corrected chi connectivity index (χ3v) is 4.37. The molecule has 0 aliphatic heterocycles. The number of rotatable bonds is 5. The first kappa shape index (κ1) is 18.4. The van der Waals surface area contributed by atoms with Gasteiger partial charge in [0.2, 0.25) is 0 Å². The van der Waals surface area contributed by atoms with Gasteiger partial charge in [-0.2, -0.15) is 13.2 Å². The van der Waals surface area contributed by atoms with Crippen molar-refractivity contribution in [1.82, 2.24) is 5.32 Å². The smallest absolute Gasteiger partial charge is 0.308 e. The summed E-state index contributed by atoms with van der Waals surface area (Å²) in [5.41, 5.74) is -0.453. The van der Waals surface area contributed by atoms with Gasteiger partial charge in [-0.25, -0.2) is 0 Å². The lowest BCUT2D eigenvalue weighted by atomic mass is 10.0. The minimum atomic E-state index is -4.32. The Morgan fingerprint density at radius 2 is 1.81 bits per heavy atom. The predicted octanol–water partition coefficient (Wildman–Crippen LogP) is 5.48. The summed E-state index contributed by atoms with van der Waals surface area (Å²) in [6.45, 7) is 10.1. The van der Waals surface area contributed by atoms with Gasteiger partial charge in [0, 0.05) is 22.2 Å². The van der Waals surface area contributed by atoms with E-state index in [1.807, 2.05) is 34.6 Å². The fourth-order valence-electron chi connectivity index (χ4n) is 1.72. The fourth-order valence-corrected chi connectivity index (χ4v) is 2.69. The van der Waals surface area contributed by atoms with Crippen LogP contribution in [0.2, 0.25) is 0 Å². The van der Waals surface area contributed by atoms with E-state index in [0.717, 1.165) is 6.42 Å². The third-order valence-electron chi connectivity index (χ3n) is 3.11. The Kier molecular flexibility index (Phi) is 6.17. The van der Waals surface area contributed by atoms with Crippen molar-refractivity contribution in [1.29, 1.82) is 0 Å². The normalized spacial score (nSPS) is 14.3. The molecule has 21 heavy (non-hydrogen) atoms. The Bertz CT molecular complexity index is 464. The maximum absolute atomic E-state index is 13.2. The number of halogens is 3. The largest absolute Gasteiger partial charge is 0.416 e. The molecule has 1 unspecified atom stereocenters. The molecule has 0 heterocycles. The second kappa shape index (κ2) is 7.05. The highest BCUT2D eigenvalue weighted by Crippen LogP contribution is 2.36. The number of hydrogen-bond acceptors (Lipinski definition) is 2. The average Bonchev–Trinajstić information content (AvgIpc) is 2.35. The van der Waals surface area contributed by atoms with E-state index in [0.29, 0.717) is 15.7 Å². The van der Waals surface area contributed by atoms with Crippen molar-refractivity contribution in [3.05, 3.63) is 29.3 Å². The number of nitrogens with one attached hydrogen (secondary N) is 1. The number of hydrogen-bond donors (Lipinski definition) is 1. The molecule has 0 fully saturated rings. The molecule has 1 nitrogen and oxygen atoms in total. The molecule has 1 N–H and O–H groups in total. The Morgan fingerprint density at radius 3 is 2.29 bits per heavy atom. The molecule has 1 rings (SSSR count). The molecular weight excluding hydrogens is 295 g/mol. The summed E-state index contributed by atoms with van der Waals surface area (Å²) in [4.78, 5) is 0.677. The van der Waals surface area contributed by atoms with Gasteiger partial charge in [0.05, 0.1) is 5.56 Å². The number of benzene rings is 1. The summed E-state index contributed by atoms with van der Waals surface area (Å²) < 4.78 is 39.7. The molecule has 0 spiro atoms. The maximum atomic E-state index is 13.2. The molecule has 0 amide bonds. The van der Waals surface area contributed by atoms with E-state index in [4.69, 9.17) is 0 Å². The van der Waals surface area contributed by atoms with Crippen molar-refractivity contribution in [3.8, 4) is 0 Å². The summed E-state index contributed by atoms with van der Waals surface area (Å²) >= 11 is 1.49. The van der Waals surface area contributed by atoms with Crippen molar-refractivity contribution < 1.29 is 13.2 Å². The zero-order chi connectivity index (χ0) is 16.3. The Labute approximate surface area is 129 Å². The third kappa shape index (κ3) is 6.30. The lowest BCUT2D eigenvalue weighted by molar-refractivity contribution is -0.138. The van der Waals surface area contributed by atoms with Gasteiger partial charge >= 0.3 is 6.18 Å². The van der Waals surface area contributed by atoms with Crippen LogP contribution in [0, 0.1) is 0 Å². The van der Waals surface area contributed by atoms with Gasteiger partial charge in [-0.3, -0.25) is 0 Å². The molecule has 1 atom stereocenters. The molecule has 1 aromatic rings. The average molecular weight is 319 g/mol. The standard InChI is InChI=1S/C16H24F3NS/c1-6-11(2)21-13-8-7-12(10-20-15(3,4)5)14(9-13)16(17,18)19/h7-9,11,20H,6,10H2,1-5H3. The topological polar surface area (TPSA) is 12.0 Å². The molecule has 0 aliphatic rings. The lowest BCUT2D eigenvalue weighted by Gasteiger charge is -2.22. The maximum Gasteiger partial charge on any atom is 0.416 e. The van der Waals surface area contributed by atoms with Crippen molar-refractivity contribution >= 4 is 11.8 Å². The van der Waals surface area contributed by atoms with Crippen LogP contribution in [-0.2, 0) is 12.7 Å². The van der Waals surface area contributed by atoms with Crippen LogP contribution in [-0.4, -0.2) is 10.8 Å². The highest BCUT2D eigenvalue weighted by Gasteiger charge is 2.33. The summed E-state index contributed by atoms with van der Waals surface area (Å²) in [6.07, 6.45) is -3.39. The SMILES string of the molecule is CCC(C)Sc1ccc(CNC(C)(C)C)c(C(F)(F)F)c1. The number of alkyl halides is 3. The molecule has 0 saturated carbocycles. The first-order chi connectivity index (χ1) is 9.53. The summed E-state index contributed by atoms with van der Waals surface area (Å²) in [6, 6.07) is 4.65. The highest BCUT2D eigenvalue weighted by atomic mass is 32.2. The quantitative estimate of drug-likeness (QED) is 0.721. The van der Waals surface area contributed by atoms with Crippen molar-refractivity contribution in [2.75, 3.05) is 0 Å². The first-order valence-electron chi connectivity index (χ1n) is 7.14. The van der Waals surface area contributed by atoms with Gasteiger partial charge in [-0.05, 0) is 44.9 Å². The molecule has 5 heteroatoms. The van der Waals surface area contributed by atoms with Gasteiger partial charge in [-0.15, -0.1) is 11.8 Å². The zero-order valence-electron chi connectivity index (χ0n) is 13.3. The minimum Gasteiger partial charge on any atom is -0.308 e. The molecule has 0 bridgehead atoms. The molecule has 1 aromatic carbocycles. The summed E-state index contributed by atoms with van der Waals surface area (Å²) in [7, 11) is 0. The molecule has 0 radical (unpaired) electrons. The second-order valence-electron chi connectivity index (χ2n) is 6.26. The van der Waals surface area contributed by atoms with Crippen LogP contribution in [0.3, 0.4) is 0 Å². The highest BCUT2D eigenvalue weighted by molar-refractivity contribution is 7.99. The summed E-state index contributed by atoms with van der Waals surface area (Å²) in [5.74, 6) is 0. The van der Waals surface area contributed by atoms with Crippen LogP contribution in [0.4, 0.5) is 13.2 Å². The van der Waals surface area contributed by atoms with E-state index >= 15 is 0 Å². The molecule has 120 valence electrons. The van der Waals surface area contributed by atoms with Gasteiger partial charge in [0.15, 0.2) is 0 Å². The molecule has 0 aliphatic carbocycles. The van der Waals surface area contributed by atoms with Crippen molar-refractivity contribution in [2.24, 2.45) is 0 Å². The van der Waals surface area contributed by atoms with Crippen LogP contribution >= 0.6 is 11.8 Å². The molecular formula is C16H24F3NS. The van der Waals surface area contributed by atoms with Crippen molar-refractivity contribution in [3.63, 3.8) is 0 Å². The van der Waals surface area contributed by atoms with Crippen LogP contribution in [0.25, 0.3) is 0 Å². The fraction of sp³-hybridized carbons (Fsp3) is 0.625.